The molecule has 3 atom stereocenters. The maximum absolute atomic E-state index is 12.2. The maximum atomic E-state index is 12.2. The number of benzene rings is 1. The summed E-state index contributed by atoms with van der Waals surface area (Å²) < 4.78 is 22.1. The van der Waals surface area contributed by atoms with Crippen molar-refractivity contribution in [2.75, 3.05) is 20.0 Å². The van der Waals surface area contributed by atoms with E-state index in [1.807, 2.05) is 18.2 Å². The average Bonchev–Trinajstić information content (AvgIpc) is 3.07. The fourth-order valence-electron chi connectivity index (χ4n) is 3.44. The molecule has 1 aliphatic carbocycles. The second-order valence-electron chi connectivity index (χ2n) is 6.28. The van der Waals surface area contributed by atoms with E-state index in [1.54, 1.807) is 12.2 Å². The minimum Gasteiger partial charge on any atom is -0.454 e. The van der Waals surface area contributed by atoms with Crippen LogP contribution in [0.4, 0.5) is 0 Å². The van der Waals surface area contributed by atoms with E-state index in [0.29, 0.717) is 19.0 Å². The molecule has 0 spiro atoms. The Morgan fingerprint density at radius 2 is 1.92 bits per heavy atom. The monoisotopic (exact) mass is 331 g/mol. The molecule has 3 aliphatic rings. The highest BCUT2D eigenvalue weighted by Crippen LogP contribution is 2.32. The van der Waals surface area contributed by atoms with Gasteiger partial charge >= 0.3 is 0 Å². The van der Waals surface area contributed by atoms with Gasteiger partial charge in [0.2, 0.25) is 12.7 Å². The highest BCUT2D eigenvalue weighted by Gasteiger charge is 2.34. The Labute approximate surface area is 140 Å². The molecule has 6 heteroatoms. The Morgan fingerprint density at radius 1 is 1.08 bits per heavy atom. The minimum absolute atomic E-state index is 0.0900. The van der Waals surface area contributed by atoms with Crippen molar-refractivity contribution in [3.8, 4) is 11.5 Å². The SMILES string of the molecule is O=C(/C=C/c1ccc2c(c1)OCO2)NC1CCC2OCCOC2C1. The predicted molar refractivity (Wildman–Crippen MR) is 86.9 cm³/mol. The van der Waals surface area contributed by atoms with Crippen LogP contribution in [0.15, 0.2) is 24.3 Å². The van der Waals surface area contributed by atoms with Crippen LogP contribution >= 0.6 is 0 Å². The van der Waals surface area contributed by atoms with E-state index in [-0.39, 0.29) is 30.9 Å². The number of rotatable bonds is 3. The molecule has 6 nitrogen and oxygen atoms in total. The Hall–Kier alpha value is -2.05. The lowest BCUT2D eigenvalue weighted by atomic mass is 9.89. The van der Waals surface area contributed by atoms with Crippen LogP contribution in [0, 0.1) is 0 Å². The van der Waals surface area contributed by atoms with E-state index in [0.717, 1.165) is 30.6 Å². The van der Waals surface area contributed by atoms with Crippen molar-refractivity contribution in [1.82, 2.24) is 5.32 Å². The van der Waals surface area contributed by atoms with Gasteiger partial charge in [-0.25, -0.2) is 0 Å². The van der Waals surface area contributed by atoms with Crippen molar-refractivity contribution in [3.05, 3.63) is 29.8 Å². The van der Waals surface area contributed by atoms with Crippen molar-refractivity contribution in [1.29, 1.82) is 0 Å². The van der Waals surface area contributed by atoms with Crippen LogP contribution in [0.5, 0.6) is 11.5 Å². The van der Waals surface area contributed by atoms with Crippen molar-refractivity contribution in [3.63, 3.8) is 0 Å². The van der Waals surface area contributed by atoms with Gasteiger partial charge in [0, 0.05) is 12.1 Å². The Balaban J connectivity index is 1.31. The maximum Gasteiger partial charge on any atom is 0.244 e. The molecule has 128 valence electrons. The Kier molecular flexibility index (Phi) is 4.40. The van der Waals surface area contributed by atoms with E-state index < -0.39 is 0 Å². The summed E-state index contributed by atoms with van der Waals surface area (Å²) in [5, 5.41) is 3.06. The molecule has 1 N–H and O–H groups in total. The van der Waals surface area contributed by atoms with Gasteiger partial charge in [0.15, 0.2) is 11.5 Å². The average molecular weight is 331 g/mol. The molecule has 1 aromatic rings. The number of carbonyl (C=O) groups is 1. The lowest BCUT2D eigenvalue weighted by Gasteiger charge is -2.38. The van der Waals surface area contributed by atoms with Crippen molar-refractivity contribution in [2.45, 2.75) is 37.5 Å². The van der Waals surface area contributed by atoms with Crippen molar-refractivity contribution in [2.24, 2.45) is 0 Å². The first-order valence-electron chi connectivity index (χ1n) is 8.39. The van der Waals surface area contributed by atoms with Crippen molar-refractivity contribution >= 4 is 12.0 Å². The third-order valence-corrected chi connectivity index (χ3v) is 4.65. The third-order valence-electron chi connectivity index (χ3n) is 4.65. The number of amides is 1. The summed E-state index contributed by atoms with van der Waals surface area (Å²) >= 11 is 0. The molecule has 1 amide bonds. The predicted octanol–water partition coefficient (Wildman–Crippen LogP) is 1.88. The second-order valence-corrected chi connectivity index (χ2v) is 6.28. The summed E-state index contributed by atoms with van der Waals surface area (Å²) in [6.45, 7) is 1.57. The molecule has 2 heterocycles. The number of fused-ring (bicyclic) bond motifs is 2. The van der Waals surface area contributed by atoms with E-state index in [1.165, 1.54) is 0 Å². The summed E-state index contributed by atoms with van der Waals surface area (Å²) in [4.78, 5) is 12.2. The molecule has 24 heavy (non-hydrogen) atoms. The number of hydrogen-bond acceptors (Lipinski definition) is 5. The summed E-state index contributed by atoms with van der Waals surface area (Å²) in [5.41, 5.74) is 0.905. The summed E-state index contributed by atoms with van der Waals surface area (Å²) in [6, 6.07) is 5.75. The topological polar surface area (TPSA) is 66.0 Å². The van der Waals surface area contributed by atoms with Gasteiger partial charge in [0.25, 0.3) is 0 Å². The second kappa shape index (κ2) is 6.83. The lowest BCUT2D eigenvalue weighted by molar-refractivity contribution is -0.158. The van der Waals surface area contributed by atoms with Crippen LogP contribution in [0.2, 0.25) is 0 Å². The van der Waals surface area contributed by atoms with E-state index in [2.05, 4.69) is 5.32 Å². The van der Waals surface area contributed by atoms with Gasteiger partial charge in [-0.05, 0) is 43.0 Å². The van der Waals surface area contributed by atoms with Crippen LogP contribution < -0.4 is 14.8 Å². The Bertz CT molecular complexity index is 644. The zero-order chi connectivity index (χ0) is 16.4. The van der Waals surface area contributed by atoms with Gasteiger partial charge in [-0.1, -0.05) is 6.07 Å². The molecule has 2 fully saturated rings. The molecule has 1 aromatic carbocycles. The van der Waals surface area contributed by atoms with Gasteiger partial charge in [0.05, 0.1) is 25.4 Å². The fourth-order valence-corrected chi connectivity index (χ4v) is 3.44. The first-order valence-corrected chi connectivity index (χ1v) is 8.39. The quantitative estimate of drug-likeness (QED) is 0.857. The minimum atomic E-state index is -0.0900. The molecule has 0 aromatic heterocycles. The van der Waals surface area contributed by atoms with Gasteiger partial charge in [0.1, 0.15) is 0 Å². The summed E-state index contributed by atoms with van der Waals surface area (Å²) in [5.74, 6) is 1.36. The molecular formula is C18H21NO5. The van der Waals surface area contributed by atoms with Gasteiger partial charge < -0.3 is 24.3 Å². The first kappa shape index (κ1) is 15.5. The van der Waals surface area contributed by atoms with Gasteiger partial charge in [-0.2, -0.15) is 0 Å². The van der Waals surface area contributed by atoms with Crippen LogP contribution in [-0.4, -0.2) is 44.2 Å². The van der Waals surface area contributed by atoms with E-state index in [4.69, 9.17) is 18.9 Å². The van der Waals surface area contributed by atoms with Gasteiger partial charge in [-0.15, -0.1) is 0 Å². The molecule has 2 aliphatic heterocycles. The largest absolute Gasteiger partial charge is 0.454 e. The van der Waals surface area contributed by atoms with Crippen LogP contribution in [0.1, 0.15) is 24.8 Å². The molecule has 4 rings (SSSR count). The third kappa shape index (κ3) is 3.39. The normalized spacial score (nSPS) is 28.6. The first-order chi connectivity index (χ1) is 11.8. The van der Waals surface area contributed by atoms with Crippen LogP contribution in [0.25, 0.3) is 6.08 Å². The summed E-state index contributed by atoms with van der Waals surface area (Å²) in [6.07, 6.45) is 6.31. The van der Waals surface area contributed by atoms with E-state index in [9.17, 15) is 4.79 Å². The van der Waals surface area contributed by atoms with Crippen LogP contribution in [-0.2, 0) is 14.3 Å². The highest BCUT2D eigenvalue weighted by molar-refractivity contribution is 5.92. The zero-order valence-corrected chi connectivity index (χ0v) is 13.4. The molecule has 0 bridgehead atoms. The van der Waals surface area contributed by atoms with Crippen molar-refractivity contribution < 1.29 is 23.7 Å². The Morgan fingerprint density at radius 3 is 2.83 bits per heavy atom. The number of hydrogen-bond donors (Lipinski definition) is 1. The summed E-state index contributed by atoms with van der Waals surface area (Å²) in [7, 11) is 0. The number of carbonyl (C=O) groups excluding carboxylic acids is 1. The zero-order valence-electron chi connectivity index (χ0n) is 13.4. The standard InChI is InChI=1S/C18H21NO5/c20-18(6-2-12-1-4-15-16(9-12)24-11-23-15)19-13-3-5-14-17(10-13)22-8-7-21-14/h1-2,4,6,9,13-14,17H,3,5,7-8,10-11H2,(H,19,20)/b6-2+. The van der Waals surface area contributed by atoms with Gasteiger partial charge in [-0.3, -0.25) is 4.79 Å². The molecule has 1 saturated heterocycles. The number of nitrogens with one attached hydrogen (secondary N) is 1. The molecule has 3 unspecified atom stereocenters. The highest BCUT2D eigenvalue weighted by atomic mass is 16.7. The van der Waals surface area contributed by atoms with Crippen LogP contribution in [0.3, 0.4) is 0 Å². The smallest absolute Gasteiger partial charge is 0.244 e. The van der Waals surface area contributed by atoms with E-state index >= 15 is 0 Å². The lowest BCUT2D eigenvalue weighted by Crippen LogP contribution is -2.49. The molecule has 1 saturated carbocycles. The molecule has 0 radical (unpaired) electrons. The number of ether oxygens (including phenoxy) is 4. The molecular weight excluding hydrogens is 310 g/mol. The fraction of sp³-hybridized carbons (Fsp3) is 0.500.